The van der Waals surface area contributed by atoms with Crippen LogP contribution in [0.3, 0.4) is 0 Å². The highest BCUT2D eigenvalue weighted by Crippen LogP contribution is 2.37. The van der Waals surface area contributed by atoms with Gasteiger partial charge in [0.15, 0.2) is 5.66 Å². The number of rotatable bonds is 8. The van der Waals surface area contributed by atoms with Crippen LogP contribution >= 0.6 is 0 Å². The molecule has 10 heteroatoms. The van der Waals surface area contributed by atoms with Crippen molar-refractivity contribution in [1.82, 2.24) is 15.1 Å². The van der Waals surface area contributed by atoms with Gasteiger partial charge >= 0.3 is 0 Å². The first kappa shape index (κ1) is 17.1. The monoisotopic (exact) mass is 338 g/mol. The number of nitrogens with zero attached hydrogens (tertiary/aromatic N) is 4. The van der Waals surface area contributed by atoms with Gasteiger partial charge in [0.25, 0.3) is 0 Å². The van der Waals surface area contributed by atoms with Crippen LogP contribution in [-0.2, 0) is 28.4 Å². The molecule has 0 saturated heterocycles. The third-order valence-electron chi connectivity index (χ3n) is 3.43. The Morgan fingerprint density at radius 1 is 1.48 bits per heavy atom. The molecule has 0 saturated carbocycles. The standard InChI is InChI=1S/C13H18N6O3S/c1-3-4-6-13(17-18-13)7-5-12(20)15-8-10-11(23(14,21)22)9-19(2)16-10/h1,9H,4-8H2,2H3,(H,15,20)(H2,14,21,22). The Kier molecular flexibility index (Phi) is 4.82. The molecule has 0 atom stereocenters. The average molecular weight is 338 g/mol. The van der Waals surface area contributed by atoms with Gasteiger partial charge in [-0.1, -0.05) is 0 Å². The first-order valence-electron chi connectivity index (χ1n) is 6.95. The molecule has 0 fully saturated rings. The summed E-state index contributed by atoms with van der Waals surface area (Å²) in [7, 11) is -2.31. The number of sulfonamides is 1. The molecule has 23 heavy (non-hydrogen) atoms. The molecule has 124 valence electrons. The summed E-state index contributed by atoms with van der Waals surface area (Å²) in [6.07, 6.45) is 8.38. The Bertz CT molecular complexity index is 768. The van der Waals surface area contributed by atoms with Gasteiger partial charge in [-0.15, -0.1) is 12.3 Å². The number of carbonyl (C=O) groups is 1. The van der Waals surface area contributed by atoms with Crippen molar-refractivity contribution in [3.05, 3.63) is 11.9 Å². The molecule has 0 aliphatic carbocycles. The van der Waals surface area contributed by atoms with Crippen LogP contribution in [0.4, 0.5) is 0 Å². The van der Waals surface area contributed by atoms with E-state index in [1.807, 2.05) is 0 Å². The van der Waals surface area contributed by atoms with Gasteiger partial charge in [-0.05, 0) is 0 Å². The van der Waals surface area contributed by atoms with Crippen LogP contribution in [0.5, 0.6) is 0 Å². The lowest BCUT2D eigenvalue weighted by atomic mass is 10.0. The van der Waals surface area contributed by atoms with Crippen LogP contribution in [-0.4, -0.2) is 29.8 Å². The van der Waals surface area contributed by atoms with E-state index in [0.29, 0.717) is 19.3 Å². The summed E-state index contributed by atoms with van der Waals surface area (Å²) < 4.78 is 24.2. The van der Waals surface area contributed by atoms with Crippen molar-refractivity contribution in [3.63, 3.8) is 0 Å². The Hall–Kier alpha value is -2.25. The zero-order valence-corrected chi connectivity index (χ0v) is 13.5. The highest BCUT2D eigenvalue weighted by atomic mass is 32.2. The maximum atomic E-state index is 11.9. The summed E-state index contributed by atoms with van der Waals surface area (Å²) in [5.74, 6) is 2.28. The quantitative estimate of drug-likeness (QED) is 0.648. The fourth-order valence-electron chi connectivity index (χ4n) is 2.13. The summed E-state index contributed by atoms with van der Waals surface area (Å²) >= 11 is 0. The Labute approximate surface area is 134 Å². The van der Waals surface area contributed by atoms with Crippen LogP contribution < -0.4 is 10.5 Å². The Morgan fingerprint density at radius 2 is 2.17 bits per heavy atom. The minimum absolute atomic E-state index is 0.0168. The van der Waals surface area contributed by atoms with Gasteiger partial charge in [0.05, 0.1) is 6.54 Å². The van der Waals surface area contributed by atoms with E-state index in [1.165, 1.54) is 10.9 Å². The van der Waals surface area contributed by atoms with E-state index >= 15 is 0 Å². The summed E-state index contributed by atoms with van der Waals surface area (Å²) in [5.41, 5.74) is -0.313. The summed E-state index contributed by atoms with van der Waals surface area (Å²) in [6.45, 7) is -0.0168. The first-order chi connectivity index (χ1) is 10.8. The van der Waals surface area contributed by atoms with Crippen molar-refractivity contribution < 1.29 is 13.2 Å². The molecule has 0 aromatic carbocycles. The highest BCUT2D eigenvalue weighted by Gasteiger charge is 2.39. The van der Waals surface area contributed by atoms with Gasteiger partial charge in [-0.3, -0.25) is 9.48 Å². The third-order valence-corrected chi connectivity index (χ3v) is 4.39. The smallest absolute Gasteiger partial charge is 0.241 e. The van der Waals surface area contributed by atoms with Crippen molar-refractivity contribution in [2.24, 2.45) is 22.4 Å². The van der Waals surface area contributed by atoms with E-state index in [2.05, 4.69) is 26.6 Å². The van der Waals surface area contributed by atoms with Gasteiger partial charge in [-0.25, -0.2) is 13.6 Å². The van der Waals surface area contributed by atoms with Crippen LogP contribution in [0, 0.1) is 12.3 Å². The minimum Gasteiger partial charge on any atom is -0.350 e. The second-order valence-corrected chi connectivity index (χ2v) is 6.85. The molecule has 1 amide bonds. The molecule has 3 N–H and O–H groups in total. The molecule has 1 aromatic rings. The lowest BCUT2D eigenvalue weighted by molar-refractivity contribution is -0.121. The number of primary sulfonamides is 1. The number of aromatic nitrogens is 2. The fraction of sp³-hybridized carbons (Fsp3) is 0.538. The van der Waals surface area contributed by atoms with Crippen LogP contribution in [0.1, 0.15) is 31.4 Å². The molecule has 1 aliphatic heterocycles. The molecule has 1 aliphatic rings. The SMILES string of the molecule is C#CCCC1(CCC(=O)NCc2nn(C)cc2S(N)(=O)=O)N=N1. The number of hydrogen-bond acceptors (Lipinski definition) is 6. The minimum atomic E-state index is -3.88. The largest absolute Gasteiger partial charge is 0.350 e. The second kappa shape index (κ2) is 6.47. The Balaban J connectivity index is 1.85. The van der Waals surface area contributed by atoms with E-state index < -0.39 is 15.7 Å². The lowest BCUT2D eigenvalue weighted by Crippen LogP contribution is -2.26. The molecule has 0 unspecified atom stereocenters. The number of nitrogens with one attached hydrogen (secondary N) is 1. The number of amides is 1. The van der Waals surface area contributed by atoms with E-state index in [1.54, 1.807) is 7.05 Å². The normalized spacial score (nSPS) is 15.2. The number of aryl methyl sites for hydroxylation is 1. The number of carbonyl (C=O) groups excluding carboxylic acids is 1. The maximum Gasteiger partial charge on any atom is 0.241 e. The van der Waals surface area contributed by atoms with E-state index in [-0.39, 0.29) is 29.5 Å². The predicted molar refractivity (Wildman–Crippen MR) is 81.3 cm³/mol. The van der Waals surface area contributed by atoms with Crippen molar-refractivity contribution in [1.29, 1.82) is 0 Å². The third kappa shape index (κ3) is 4.61. The van der Waals surface area contributed by atoms with E-state index in [0.717, 1.165) is 0 Å². The second-order valence-electron chi connectivity index (χ2n) is 5.32. The topological polar surface area (TPSA) is 132 Å². The average Bonchev–Trinajstić information content (AvgIpc) is 3.14. The number of nitrogens with two attached hydrogens (primary N) is 1. The van der Waals surface area contributed by atoms with Crippen molar-refractivity contribution in [3.8, 4) is 12.3 Å². The Morgan fingerprint density at radius 3 is 2.74 bits per heavy atom. The molecule has 1 aromatic heterocycles. The van der Waals surface area contributed by atoms with Crippen molar-refractivity contribution in [2.75, 3.05) is 0 Å². The zero-order valence-electron chi connectivity index (χ0n) is 12.7. The molecule has 9 nitrogen and oxygen atoms in total. The molecule has 2 rings (SSSR count). The van der Waals surface area contributed by atoms with Gasteiger partial charge in [0.1, 0.15) is 10.6 Å². The molecule has 0 spiro atoms. The molecule has 2 heterocycles. The molecular weight excluding hydrogens is 320 g/mol. The number of terminal acetylenes is 1. The molecule has 0 radical (unpaired) electrons. The van der Waals surface area contributed by atoms with Crippen LogP contribution in [0.15, 0.2) is 21.3 Å². The van der Waals surface area contributed by atoms with Gasteiger partial charge in [0, 0.05) is 38.9 Å². The number of hydrogen-bond donors (Lipinski definition) is 2. The summed E-state index contributed by atoms with van der Waals surface area (Å²) in [6, 6.07) is 0. The molecular formula is C13H18N6O3S. The van der Waals surface area contributed by atoms with Crippen molar-refractivity contribution in [2.45, 2.75) is 42.8 Å². The predicted octanol–water partition coefficient (Wildman–Crippen LogP) is 0.0394. The van der Waals surface area contributed by atoms with Crippen LogP contribution in [0.25, 0.3) is 0 Å². The van der Waals surface area contributed by atoms with Gasteiger partial charge < -0.3 is 5.32 Å². The van der Waals surface area contributed by atoms with Gasteiger partial charge in [-0.2, -0.15) is 15.3 Å². The van der Waals surface area contributed by atoms with E-state index in [4.69, 9.17) is 11.6 Å². The van der Waals surface area contributed by atoms with E-state index in [9.17, 15) is 13.2 Å². The maximum absolute atomic E-state index is 11.9. The lowest BCUT2D eigenvalue weighted by Gasteiger charge is -2.09. The molecule has 0 bridgehead atoms. The van der Waals surface area contributed by atoms with Crippen LogP contribution in [0.2, 0.25) is 0 Å². The van der Waals surface area contributed by atoms with Crippen molar-refractivity contribution >= 4 is 15.9 Å². The highest BCUT2D eigenvalue weighted by molar-refractivity contribution is 7.89. The zero-order chi connectivity index (χ0) is 17.1. The summed E-state index contributed by atoms with van der Waals surface area (Å²) in [5, 5.41) is 19.6. The summed E-state index contributed by atoms with van der Waals surface area (Å²) in [4.78, 5) is 11.8. The fourth-order valence-corrected chi connectivity index (χ4v) is 2.87. The first-order valence-corrected chi connectivity index (χ1v) is 8.50. The van der Waals surface area contributed by atoms with Gasteiger partial charge in [0.2, 0.25) is 15.9 Å².